The van der Waals surface area contributed by atoms with Crippen LogP contribution in [0.15, 0.2) is 0 Å². The molecule has 0 bridgehead atoms. The summed E-state index contributed by atoms with van der Waals surface area (Å²) in [7, 11) is -1.57. The van der Waals surface area contributed by atoms with Crippen molar-refractivity contribution < 1.29 is 5.11 Å². The van der Waals surface area contributed by atoms with Crippen LogP contribution in [0, 0.1) is 5.41 Å². The second kappa shape index (κ2) is 5.55. The van der Waals surface area contributed by atoms with Crippen molar-refractivity contribution in [1.29, 1.82) is 5.41 Å². The first-order valence-electron chi connectivity index (χ1n) is 5.33. The molecule has 0 saturated heterocycles. The summed E-state index contributed by atoms with van der Waals surface area (Å²) in [6, 6.07) is 3.26. The SMILES string of the molecule is CCC(=N)C(O)[Si](CC)(CC)CC. The number of hydrogen-bond acceptors (Lipinski definition) is 2. The molecular weight excluding hydrogens is 178 g/mol. The highest BCUT2D eigenvalue weighted by Crippen LogP contribution is 2.25. The fourth-order valence-electron chi connectivity index (χ4n) is 1.89. The van der Waals surface area contributed by atoms with Crippen LogP contribution in [0.2, 0.25) is 18.1 Å². The van der Waals surface area contributed by atoms with Gasteiger partial charge in [-0.05, 0) is 6.42 Å². The molecule has 0 spiro atoms. The van der Waals surface area contributed by atoms with E-state index in [1.54, 1.807) is 0 Å². The molecule has 0 saturated carbocycles. The van der Waals surface area contributed by atoms with Gasteiger partial charge in [-0.3, -0.25) is 0 Å². The summed E-state index contributed by atoms with van der Waals surface area (Å²) in [6.45, 7) is 8.42. The molecule has 0 aromatic carbocycles. The van der Waals surface area contributed by atoms with Crippen molar-refractivity contribution in [3.63, 3.8) is 0 Å². The van der Waals surface area contributed by atoms with Crippen LogP contribution in [-0.2, 0) is 0 Å². The van der Waals surface area contributed by atoms with Gasteiger partial charge in [0.15, 0.2) is 0 Å². The Labute approximate surface area is 82.9 Å². The lowest BCUT2D eigenvalue weighted by atomic mass is 10.3. The molecule has 2 nitrogen and oxygen atoms in total. The maximum Gasteiger partial charge on any atom is 0.0937 e. The predicted molar refractivity (Wildman–Crippen MR) is 61.2 cm³/mol. The average molecular weight is 201 g/mol. The van der Waals surface area contributed by atoms with Crippen molar-refractivity contribution in [1.82, 2.24) is 0 Å². The molecule has 0 heterocycles. The number of hydrogen-bond donors (Lipinski definition) is 2. The third kappa shape index (κ3) is 2.64. The third-order valence-electron chi connectivity index (χ3n) is 3.40. The molecule has 0 aliphatic rings. The highest BCUT2D eigenvalue weighted by molar-refractivity contribution is 6.83. The molecule has 0 amide bonds. The van der Waals surface area contributed by atoms with Crippen molar-refractivity contribution >= 4 is 13.8 Å². The van der Waals surface area contributed by atoms with E-state index in [9.17, 15) is 5.11 Å². The molecule has 1 atom stereocenters. The van der Waals surface area contributed by atoms with Gasteiger partial charge in [0, 0.05) is 5.71 Å². The van der Waals surface area contributed by atoms with Gasteiger partial charge in [-0.15, -0.1) is 0 Å². The van der Waals surface area contributed by atoms with E-state index in [-0.39, 0.29) is 0 Å². The topological polar surface area (TPSA) is 44.1 Å². The van der Waals surface area contributed by atoms with Crippen LogP contribution < -0.4 is 0 Å². The van der Waals surface area contributed by atoms with E-state index in [4.69, 9.17) is 5.41 Å². The smallest absolute Gasteiger partial charge is 0.0937 e. The quantitative estimate of drug-likeness (QED) is 0.504. The second-order valence-electron chi connectivity index (χ2n) is 3.70. The van der Waals surface area contributed by atoms with E-state index in [1.165, 1.54) is 0 Å². The Hall–Kier alpha value is -0.153. The van der Waals surface area contributed by atoms with Gasteiger partial charge in [0.1, 0.15) is 0 Å². The summed E-state index contributed by atoms with van der Waals surface area (Å²) < 4.78 is 0. The van der Waals surface area contributed by atoms with Crippen molar-refractivity contribution in [2.45, 2.75) is 58.0 Å². The minimum atomic E-state index is -1.57. The van der Waals surface area contributed by atoms with Crippen LogP contribution >= 0.6 is 0 Å². The van der Waals surface area contributed by atoms with E-state index in [0.717, 1.165) is 18.1 Å². The van der Waals surface area contributed by atoms with Gasteiger partial charge in [-0.25, -0.2) is 0 Å². The standard InChI is InChI=1S/C10H23NOSi/c1-5-9(11)10(12)13(6-2,7-3)8-4/h10-12H,5-8H2,1-4H3. The maximum atomic E-state index is 10.1. The van der Waals surface area contributed by atoms with Crippen molar-refractivity contribution in [2.24, 2.45) is 0 Å². The predicted octanol–water partition coefficient (Wildman–Crippen LogP) is 2.82. The molecule has 0 rings (SSSR count). The molecule has 0 fully saturated rings. The Balaban J connectivity index is 4.62. The van der Waals surface area contributed by atoms with Gasteiger partial charge < -0.3 is 10.5 Å². The summed E-state index contributed by atoms with van der Waals surface area (Å²) in [5.74, 6) is 0. The Kier molecular flexibility index (Phi) is 5.49. The van der Waals surface area contributed by atoms with Gasteiger partial charge in [0.25, 0.3) is 0 Å². The van der Waals surface area contributed by atoms with Crippen molar-refractivity contribution in [3.8, 4) is 0 Å². The zero-order chi connectivity index (χ0) is 10.5. The van der Waals surface area contributed by atoms with Crippen LogP contribution in [-0.4, -0.2) is 24.6 Å². The number of aliphatic hydroxyl groups is 1. The molecule has 1 unspecified atom stereocenters. The van der Waals surface area contributed by atoms with Gasteiger partial charge in [-0.2, -0.15) is 0 Å². The lowest BCUT2D eigenvalue weighted by Gasteiger charge is -2.33. The zero-order valence-electron chi connectivity index (χ0n) is 9.35. The van der Waals surface area contributed by atoms with Gasteiger partial charge >= 0.3 is 0 Å². The largest absolute Gasteiger partial charge is 0.391 e. The molecule has 0 aromatic heterocycles. The Morgan fingerprint density at radius 3 is 1.77 bits per heavy atom. The van der Waals surface area contributed by atoms with Crippen LogP contribution in [0.5, 0.6) is 0 Å². The first-order chi connectivity index (χ1) is 6.07. The van der Waals surface area contributed by atoms with Crippen LogP contribution in [0.1, 0.15) is 34.1 Å². The molecule has 13 heavy (non-hydrogen) atoms. The van der Waals surface area contributed by atoms with E-state index in [0.29, 0.717) is 12.1 Å². The van der Waals surface area contributed by atoms with E-state index < -0.39 is 13.8 Å². The Morgan fingerprint density at radius 1 is 1.15 bits per heavy atom. The molecule has 0 aromatic rings. The van der Waals surface area contributed by atoms with Crippen molar-refractivity contribution in [3.05, 3.63) is 0 Å². The monoisotopic (exact) mass is 201 g/mol. The minimum Gasteiger partial charge on any atom is -0.391 e. The molecule has 2 N–H and O–H groups in total. The summed E-state index contributed by atoms with van der Waals surface area (Å²) >= 11 is 0. The number of aliphatic hydroxyl groups excluding tert-OH is 1. The lowest BCUT2D eigenvalue weighted by molar-refractivity contribution is 0.301. The first kappa shape index (κ1) is 12.8. The summed E-state index contributed by atoms with van der Waals surface area (Å²) in [6.07, 6.45) is 0.690. The first-order valence-corrected chi connectivity index (χ1v) is 8.03. The van der Waals surface area contributed by atoms with Crippen molar-refractivity contribution in [2.75, 3.05) is 0 Å². The molecular formula is C10H23NOSi. The Bertz CT molecular complexity index is 158. The minimum absolute atomic E-state index is 0.405. The normalized spacial score (nSPS) is 14.2. The lowest BCUT2D eigenvalue weighted by Crippen LogP contribution is -2.49. The van der Waals surface area contributed by atoms with Gasteiger partial charge in [0.2, 0.25) is 0 Å². The number of nitrogens with one attached hydrogen (secondary N) is 1. The summed E-state index contributed by atoms with van der Waals surface area (Å²) in [4.78, 5) is 0. The highest BCUT2D eigenvalue weighted by atomic mass is 28.3. The van der Waals surface area contributed by atoms with Gasteiger partial charge in [0.05, 0.1) is 13.8 Å². The molecule has 0 radical (unpaired) electrons. The van der Waals surface area contributed by atoms with E-state index in [2.05, 4.69) is 20.8 Å². The fraction of sp³-hybridized carbons (Fsp3) is 0.900. The second-order valence-corrected chi connectivity index (χ2v) is 9.10. The fourth-order valence-corrected chi connectivity index (χ4v) is 5.50. The van der Waals surface area contributed by atoms with Crippen LogP contribution in [0.25, 0.3) is 0 Å². The zero-order valence-corrected chi connectivity index (χ0v) is 10.4. The summed E-state index contributed by atoms with van der Waals surface area (Å²) in [5.41, 5.74) is 0.134. The average Bonchev–Trinajstić information content (AvgIpc) is 2.20. The Morgan fingerprint density at radius 2 is 1.54 bits per heavy atom. The van der Waals surface area contributed by atoms with Gasteiger partial charge in [-0.1, -0.05) is 45.8 Å². The molecule has 0 aliphatic carbocycles. The molecule has 3 heteroatoms. The highest BCUT2D eigenvalue weighted by Gasteiger charge is 2.37. The maximum absolute atomic E-state index is 10.1. The van der Waals surface area contributed by atoms with E-state index >= 15 is 0 Å². The summed E-state index contributed by atoms with van der Waals surface area (Å²) in [5, 5.41) is 17.8. The van der Waals surface area contributed by atoms with Crippen LogP contribution in [0.4, 0.5) is 0 Å². The number of rotatable bonds is 6. The third-order valence-corrected chi connectivity index (χ3v) is 9.14. The molecule has 78 valence electrons. The molecule has 0 aliphatic heterocycles. The van der Waals surface area contributed by atoms with Crippen LogP contribution in [0.3, 0.4) is 0 Å². The van der Waals surface area contributed by atoms with E-state index in [1.807, 2.05) is 6.92 Å².